The minimum Gasteiger partial charge on any atom is -0.411 e. The topological polar surface area (TPSA) is 32.6 Å². The fourth-order valence-corrected chi connectivity index (χ4v) is 1.06. The highest BCUT2D eigenvalue weighted by atomic mass is 16.4. The lowest BCUT2D eigenvalue weighted by molar-refractivity contribution is 0.318. The molecule has 1 saturated carbocycles. The first-order chi connectivity index (χ1) is 5.27. The maximum atomic E-state index is 7.73. The summed E-state index contributed by atoms with van der Waals surface area (Å²) in [5.74, 6) is 0. The second kappa shape index (κ2) is 7.58. The van der Waals surface area contributed by atoms with Gasteiger partial charge in [-0.1, -0.05) is 43.7 Å². The van der Waals surface area contributed by atoms with Gasteiger partial charge >= 0.3 is 0 Å². The third-order valence-corrected chi connectivity index (χ3v) is 1.70. The van der Waals surface area contributed by atoms with Crippen LogP contribution in [0.5, 0.6) is 0 Å². The first-order valence-corrected chi connectivity index (χ1v) is 4.42. The van der Waals surface area contributed by atoms with Crippen LogP contribution in [0.4, 0.5) is 0 Å². The van der Waals surface area contributed by atoms with Crippen LogP contribution in [0, 0.1) is 0 Å². The standard InChI is InChI=1S/C6H12.C3H7NO/c1-2-4-6-5-3-1;1-3(2)4-5/h1-6H2;5H,1-2H3. The van der Waals surface area contributed by atoms with Crippen molar-refractivity contribution in [2.45, 2.75) is 52.4 Å². The number of hydrogen-bond acceptors (Lipinski definition) is 2. The van der Waals surface area contributed by atoms with Crippen LogP contribution in [0.2, 0.25) is 0 Å². The Morgan fingerprint density at radius 3 is 1.18 bits per heavy atom. The van der Waals surface area contributed by atoms with E-state index in [-0.39, 0.29) is 0 Å². The van der Waals surface area contributed by atoms with E-state index in [1.165, 1.54) is 38.5 Å². The summed E-state index contributed by atoms with van der Waals surface area (Å²) in [6.45, 7) is 3.44. The monoisotopic (exact) mass is 157 g/mol. The molecule has 0 aromatic rings. The zero-order valence-corrected chi connectivity index (χ0v) is 7.64. The van der Waals surface area contributed by atoms with E-state index < -0.39 is 0 Å². The van der Waals surface area contributed by atoms with Gasteiger partial charge in [0.05, 0.1) is 5.71 Å². The Hall–Kier alpha value is -0.530. The summed E-state index contributed by atoms with van der Waals surface area (Å²) < 4.78 is 0. The molecular weight excluding hydrogens is 138 g/mol. The van der Waals surface area contributed by atoms with Crippen LogP contribution in [-0.2, 0) is 0 Å². The molecule has 0 spiro atoms. The molecule has 1 aliphatic carbocycles. The quantitative estimate of drug-likeness (QED) is 0.327. The lowest BCUT2D eigenvalue weighted by atomic mass is 10.0. The highest BCUT2D eigenvalue weighted by Crippen LogP contribution is 2.15. The summed E-state index contributed by atoms with van der Waals surface area (Å²) >= 11 is 0. The molecule has 0 bridgehead atoms. The molecule has 2 heteroatoms. The molecule has 1 N–H and O–H groups in total. The van der Waals surface area contributed by atoms with E-state index in [1.807, 2.05) is 0 Å². The number of oxime groups is 1. The highest BCUT2D eigenvalue weighted by molar-refractivity contribution is 5.78. The Balaban J connectivity index is 0.000000187. The molecular formula is C9H19NO. The number of nitrogens with zero attached hydrogens (tertiary/aromatic N) is 1. The third-order valence-electron chi connectivity index (χ3n) is 1.70. The van der Waals surface area contributed by atoms with Gasteiger partial charge in [-0.3, -0.25) is 0 Å². The van der Waals surface area contributed by atoms with Crippen molar-refractivity contribution in [3.63, 3.8) is 0 Å². The molecule has 0 heterocycles. The molecule has 0 aromatic heterocycles. The SMILES string of the molecule is C1CCCCC1.CC(C)=NO. The fraction of sp³-hybridized carbons (Fsp3) is 0.889. The zero-order chi connectivity index (χ0) is 8.53. The van der Waals surface area contributed by atoms with Crippen molar-refractivity contribution < 1.29 is 5.21 Å². The van der Waals surface area contributed by atoms with E-state index in [4.69, 9.17) is 5.21 Å². The zero-order valence-electron chi connectivity index (χ0n) is 7.64. The number of rotatable bonds is 0. The lowest BCUT2D eigenvalue weighted by Crippen LogP contribution is -1.85. The Labute approximate surface area is 69.3 Å². The summed E-state index contributed by atoms with van der Waals surface area (Å²) in [6.07, 6.45) is 9.00. The molecule has 2 nitrogen and oxygen atoms in total. The summed E-state index contributed by atoms with van der Waals surface area (Å²) in [7, 11) is 0. The van der Waals surface area contributed by atoms with Crippen molar-refractivity contribution in [1.82, 2.24) is 0 Å². The maximum Gasteiger partial charge on any atom is 0.0509 e. The maximum absolute atomic E-state index is 7.73. The molecule has 0 aromatic carbocycles. The van der Waals surface area contributed by atoms with E-state index >= 15 is 0 Å². The molecule has 66 valence electrons. The highest BCUT2D eigenvalue weighted by Gasteiger charge is 1.95. The average Bonchev–Trinajstić information content (AvgIpc) is 2.09. The molecule has 1 aliphatic rings. The molecule has 0 saturated heterocycles. The number of hydrogen-bond donors (Lipinski definition) is 1. The van der Waals surface area contributed by atoms with E-state index in [1.54, 1.807) is 13.8 Å². The van der Waals surface area contributed by atoms with Crippen molar-refractivity contribution in [2.24, 2.45) is 5.16 Å². The van der Waals surface area contributed by atoms with Gasteiger partial charge in [-0.05, 0) is 13.8 Å². The fourth-order valence-electron chi connectivity index (χ4n) is 1.06. The summed E-state index contributed by atoms with van der Waals surface area (Å²) in [5.41, 5.74) is 0.685. The first-order valence-electron chi connectivity index (χ1n) is 4.42. The molecule has 0 unspecified atom stereocenters. The van der Waals surface area contributed by atoms with Crippen LogP contribution in [0.1, 0.15) is 52.4 Å². The molecule has 0 atom stereocenters. The minimum absolute atomic E-state index is 0.685. The predicted octanol–water partition coefficient (Wildman–Crippen LogP) is 3.20. The van der Waals surface area contributed by atoms with Crippen molar-refractivity contribution in [2.75, 3.05) is 0 Å². The molecule has 1 fully saturated rings. The average molecular weight is 157 g/mol. The van der Waals surface area contributed by atoms with Gasteiger partial charge in [0.15, 0.2) is 0 Å². The Kier molecular flexibility index (Phi) is 7.21. The Morgan fingerprint density at radius 2 is 1.09 bits per heavy atom. The van der Waals surface area contributed by atoms with E-state index in [9.17, 15) is 0 Å². The van der Waals surface area contributed by atoms with Gasteiger partial charge in [0.25, 0.3) is 0 Å². The first kappa shape index (κ1) is 10.5. The van der Waals surface area contributed by atoms with E-state index in [0.717, 1.165) is 0 Å². The summed E-state index contributed by atoms with van der Waals surface area (Å²) in [6, 6.07) is 0. The Morgan fingerprint density at radius 1 is 0.909 bits per heavy atom. The van der Waals surface area contributed by atoms with Crippen molar-refractivity contribution in [3.8, 4) is 0 Å². The van der Waals surface area contributed by atoms with E-state index in [0.29, 0.717) is 5.71 Å². The van der Waals surface area contributed by atoms with Gasteiger partial charge in [-0.2, -0.15) is 0 Å². The van der Waals surface area contributed by atoms with Crippen LogP contribution < -0.4 is 0 Å². The lowest BCUT2D eigenvalue weighted by Gasteiger charge is -2.05. The normalized spacial score (nSPS) is 16.2. The van der Waals surface area contributed by atoms with Crippen LogP contribution in [0.25, 0.3) is 0 Å². The van der Waals surface area contributed by atoms with Gasteiger partial charge < -0.3 is 5.21 Å². The van der Waals surface area contributed by atoms with Crippen molar-refractivity contribution in [1.29, 1.82) is 0 Å². The summed E-state index contributed by atoms with van der Waals surface area (Å²) in [5, 5.41) is 10.5. The Bertz CT molecular complexity index is 90.6. The molecule has 0 aliphatic heterocycles. The van der Waals surface area contributed by atoms with Gasteiger partial charge in [0, 0.05) is 0 Å². The van der Waals surface area contributed by atoms with Crippen LogP contribution in [0.15, 0.2) is 5.16 Å². The van der Waals surface area contributed by atoms with Crippen LogP contribution in [0.3, 0.4) is 0 Å². The predicted molar refractivity (Wildman–Crippen MR) is 48.3 cm³/mol. The second-order valence-electron chi connectivity index (χ2n) is 3.17. The van der Waals surface area contributed by atoms with Gasteiger partial charge in [-0.15, -0.1) is 0 Å². The third kappa shape index (κ3) is 9.47. The van der Waals surface area contributed by atoms with Gasteiger partial charge in [0.2, 0.25) is 0 Å². The largest absolute Gasteiger partial charge is 0.411 e. The van der Waals surface area contributed by atoms with E-state index in [2.05, 4.69) is 5.16 Å². The molecule has 0 radical (unpaired) electrons. The van der Waals surface area contributed by atoms with Crippen LogP contribution >= 0.6 is 0 Å². The second-order valence-corrected chi connectivity index (χ2v) is 3.17. The summed E-state index contributed by atoms with van der Waals surface area (Å²) in [4.78, 5) is 0. The van der Waals surface area contributed by atoms with Crippen LogP contribution in [-0.4, -0.2) is 10.9 Å². The minimum atomic E-state index is 0.685. The van der Waals surface area contributed by atoms with Crippen molar-refractivity contribution >= 4 is 5.71 Å². The smallest absolute Gasteiger partial charge is 0.0509 e. The van der Waals surface area contributed by atoms with Gasteiger partial charge in [0.1, 0.15) is 0 Å². The van der Waals surface area contributed by atoms with Gasteiger partial charge in [-0.25, -0.2) is 0 Å². The molecule has 1 rings (SSSR count). The molecule has 11 heavy (non-hydrogen) atoms. The molecule has 0 amide bonds. The van der Waals surface area contributed by atoms with Crippen molar-refractivity contribution in [3.05, 3.63) is 0 Å².